The van der Waals surface area contributed by atoms with Crippen molar-refractivity contribution in [2.24, 2.45) is 0 Å². The van der Waals surface area contributed by atoms with Crippen molar-refractivity contribution in [1.29, 1.82) is 0 Å². The fourth-order valence-corrected chi connectivity index (χ4v) is 4.15. The summed E-state index contributed by atoms with van der Waals surface area (Å²) in [5.74, 6) is 2.62. The second-order valence-electron chi connectivity index (χ2n) is 5.67. The van der Waals surface area contributed by atoms with Crippen molar-refractivity contribution in [3.05, 3.63) is 29.8 Å². The lowest BCUT2D eigenvalue weighted by Gasteiger charge is -2.26. The predicted molar refractivity (Wildman–Crippen MR) is 84.9 cm³/mol. The third kappa shape index (κ3) is 3.67. The minimum Gasteiger partial charge on any atom is -0.382 e. The second-order valence-corrected chi connectivity index (χ2v) is 6.90. The molecule has 2 aliphatic rings. The molecule has 3 heteroatoms. The van der Waals surface area contributed by atoms with Crippen LogP contribution in [0.4, 0.5) is 5.69 Å². The van der Waals surface area contributed by atoms with Gasteiger partial charge in [0.05, 0.1) is 0 Å². The monoisotopic (exact) mass is 276 g/mol. The van der Waals surface area contributed by atoms with E-state index in [1.54, 1.807) is 0 Å². The number of likely N-dealkylation sites (tertiary alicyclic amines) is 1. The van der Waals surface area contributed by atoms with Crippen LogP contribution in [0.1, 0.15) is 31.2 Å². The van der Waals surface area contributed by atoms with E-state index in [1.807, 2.05) is 0 Å². The van der Waals surface area contributed by atoms with Crippen LogP contribution in [0.3, 0.4) is 0 Å². The molecule has 19 heavy (non-hydrogen) atoms. The van der Waals surface area contributed by atoms with Crippen LogP contribution >= 0.6 is 11.8 Å². The molecule has 2 fully saturated rings. The average molecular weight is 276 g/mol. The average Bonchev–Trinajstić information content (AvgIpc) is 2.95. The number of thioether (sulfide) groups is 1. The molecule has 0 amide bonds. The highest BCUT2D eigenvalue weighted by Crippen LogP contribution is 2.24. The molecule has 0 atom stereocenters. The van der Waals surface area contributed by atoms with Gasteiger partial charge in [0.2, 0.25) is 0 Å². The highest BCUT2D eigenvalue weighted by atomic mass is 32.2. The number of hydrogen-bond donors (Lipinski definition) is 1. The second kappa shape index (κ2) is 6.67. The van der Waals surface area contributed by atoms with E-state index in [0.717, 1.165) is 6.54 Å². The van der Waals surface area contributed by atoms with Gasteiger partial charge in [0, 0.05) is 18.3 Å². The molecule has 2 nitrogen and oxygen atoms in total. The summed E-state index contributed by atoms with van der Waals surface area (Å²) in [5.41, 5.74) is 2.84. The quantitative estimate of drug-likeness (QED) is 0.905. The molecule has 2 saturated heterocycles. The number of para-hydroxylation sites is 1. The van der Waals surface area contributed by atoms with Gasteiger partial charge in [-0.2, -0.15) is 11.8 Å². The van der Waals surface area contributed by atoms with E-state index in [2.05, 4.69) is 46.2 Å². The van der Waals surface area contributed by atoms with Gasteiger partial charge >= 0.3 is 0 Å². The molecule has 0 unspecified atom stereocenters. The van der Waals surface area contributed by atoms with E-state index in [-0.39, 0.29) is 0 Å². The van der Waals surface area contributed by atoms with Gasteiger partial charge in [0.15, 0.2) is 0 Å². The van der Waals surface area contributed by atoms with E-state index in [1.165, 1.54) is 61.5 Å². The van der Waals surface area contributed by atoms with Crippen LogP contribution in [-0.2, 0) is 6.54 Å². The standard InChI is InChI=1S/C16H24N2S/c1-2-6-16(17-15-7-11-19-12-8-15)14(5-1)13-18-9-3-4-10-18/h1-2,5-6,15,17H,3-4,7-13H2. The first-order valence-electron chi connectivity index (χ1n) is 7.56. The lowest BCUT2D eigenvalue weighted by Crippen LogP contribution is -2.26. The van der Waals surface area contributed by atoms with Gasteiger partial charge in [0.1, 0.15) is 0 Å². The lowest BCUT2D eigenvalue weighted by molar-refractivity contribution is 0.332. The lowest BCUT2D eigenvalue weighted by atomic mass is 10.1. The first-order chi connectivity index (χ1) is 9.42. The Kier molecular flexibility index (Phi) is 4.67. The van der Waals surface area contributed by atoms with E-state index < -0.39 is 0 Å². The summed E-state index contributed by atoms with van der Waals surface area (Å²) in [6.45, 7) is 3.66. The Hall–Kier alpha value is -0.670. The van der Waals surface area contributed by atoms with Crippen LogP contribution in [0.2, 0.25) is 0 Å². The van der Waals surface area contributed by atoms with Crippen molar-refractivity contribution in [2.75, 3.05) is 29.9 Å². The van der Waals surface area contributed by atoms with Crippen LogP contribution < -0.4 is 5.32 Å². The van der Waals surface area contributed by atoms with Crippen molar-refractivity contribution in [3.63, 3.8) is 0 Å². The van der Waals surface area contributed by atoms with Crippen molar-refractivity contribution in [2.45, 2.75) is 38.3 Å². The third-order valence-corrected chi connectivity index (χ3v) is 5.24. The zero-order valence-electron chi connectivity index (χ0n) is 11.6. The zero-order chi connectivity index (χ0) is 12.9. The van der Waals surface area contributed by atoms with Gasteiger partial charge in [-0.1, -0.05) is 18.2 Å². The first-order valence-corrected chi connectivity index (χ1v) is 8.72. The molecule has 0 bridgehead atoms. The first kappa shape index (κ1) is 13.3. The van der Waals surface area contributed by atoms with Crippen LogP contribution in [-0.4, -0.2) is 35.5 Å². The van der Waals surface area contributed by atoms with Crippen LogP contribution in [0.5, 0.6) is 0 Å². The molecular weight excluding hydrogens is 252 g/mol. The summed E-state index contributed by atoms with van der Waals surface area (Å²) in [6, 6.07) is 9.56. The summed E-state index contributed by atoms with van der Waals surface area (Å²) in [7, 11) is 0. The maximum atomic E-state index is 3.78. The van der Waals surface area contributed by atoms with Crippen molar-refractivity contribution >= 4 is 17.4 Å². The summed E-state index contributed by atoms with van der Waals surface area (Å²) in [4.78, 5) is 2.58. The largest absolute Gasteiger partial charge is 0.382 e. The molecule has 0 aliphatic carbocycles. The molecule has 2 heterocycles. The minimum absolute atomic E-state index is 0.681. The number of hydrogen-bond acceptors (Lipinski definition) is 3. The Morgan fingerprint density at radius 2 is 1.84 bits per heavy atom. The molecule has 0 spiro atoms. The van der Waals surface area contributed by atoms with Gasteiger partial charge in [-0.15, -0.1) is 0 Å². The molecule has 0 radical (unpaired) electrons. The van der Waals surface area contributed by atoms with Crippen LogP contribution in [0, 0.1) is 0 Å². The Bertz CT molecular complexity index is 395. The van der Waals surface area contributed by atoms with E-state index in [4.69, 9.17) is 0 Å². The maximum Gasteiger partial charge on any atom is 0.0388 e. The predicted octanol–water partition coefficient (Wildman–Crippen LogP) is 3.59. The summed E-state index contributed by atoms with van der Waals surface area (Å²) in [6.07, 6.45) is 5.36. The summed E-state index contributed by atoms with van der Waals surface area (Å²) in [5, 5.41) is 3.78. The Morgan fingerprint density at radius 3 is 2.63 bits per heavy atom. The van der Waals surface area contributed by atoms with Gasteiger partial charge < -0.3 is 5.32 Å². The fraction of sp³-hybridized carbons (Fsp3) is 0.625. The number of anilines is 1. The number of nitrogens with zero attached hydrogens (tertiary/aromatic N) is 1. The SMILES string of the molecule is c1ccc(NC2CCSCC2)c(CN2CCCC2)c1. The highest BCUT2D eigenvalue weighted by Gasteiger charge is 2.17. The molecule has 3 rings (SSSR count). The van der Waals surface area contributed by atoms with Gasteiger partial charge in [-0.05, 0) is 61.9 Å². The van der Waals surface area contributed by atoms with Crippen molar-refractivity contribution in [3.8, 4) is 0 Å². The zero-order valence-corrected chi connectivity index (χ0v) is 12.4. The smallest absolute Gasteiger partial charge is 0.0388 e. The molecule has 2 aliphatic heterocycles. The molecule has 104 valence electrons. The number of benzene rings is 1. The van der Waals surface area contributed by atoms with Gasteiger partial charge in [-0.25, -0.2) is 0 Å². The Balaban J connectivity index is 1.65. The van der Waals surface area contributed by atoms with Crippen LogP contribution in [0.15, 0.2) is 24.3 Å². The molecule has 1 aromatic carbocycles. The molecule has 1 N–H and O–H groups in total. The van der Waals surface area contributed by atoms with Crippen LogP contribution in [0.25, 0.3) is 0 Å². The van der Waals surface area contributed by atoms with Gasteiger partial charge in [0.25, 0.3) is 0 Å². The third-order valence-electron chi connectivity index (χ3n) is 4.19. The van der Waals surface area contributed by atoms with Crippen molar-refractivity contribution < 1.29 is 0 Å². The fourth-order valence-electron chi connectivity index (χ4n) is 3.04. The van der Waals surface area contributed by atoms with Gasteiger partial charge in [-0.3, -0.25) is 4.90 Å². The van der Waals surface area contributed by atoms with Crippen molar-refractivity contribution in [1.82, 2.24) is 4.90 Å². The molecule has 0 saturated carbocycles. The Morgan fingerprint density at radius 1 is 1.11 bits per heavy atom. The topological polar surface area (TPSA) is 15.3 Å². The van der Waals surface area contributed by atoms with E-state index in [0.29, 0.717) is 6.04 Å². The molecular formula is C16H24N2S. The normalized spacial score (nSPS) is 21.7. The molecule has 0 aromatic heterocycles. The Labute approximate surface area is 121 Å². The minimum atomic E-state index is 0.681. The van der Waals surface area contributed by atoms with E-state index in [9.17, 15) is 0 Å². The summed E-state index contributed by atoms with van der Waals surface area (Å²) < 4.78 is 0. The number of rotatable bonds is 4. The number of nitrogens with one attached hydrogen (secondary N) is 1. The van der Waals surface area contributed by atoms with E-state index >= 15 is 0 Å². The summed E-state index contributed by atoms with van der Waals surface area (Å²) >= 11 is 2.09. The highest BCUT2D eigenvalue weighted by molar-refractivity contribution is 7.99. The molecule has 1 aromatic rings. The maximum absolute atomic E-state index is 3.78.